The fourth-order valence-corrected chi connectivity index (χ4v) is 2.43. The molecule has 1 unspecified atom stereocenters. The number of ether oxygens (including phenoxy) is 1. The molecular weight excluding hydrogens is 383 g/mol. The predicted molar refractivity (Wildman–Crippen MR) is 94.8 cm³/mol. The molecule has 1 amide bonds. The first kappa shape index (κ1) is 20.5. The molecule has 2 aromatic rings. The number of alkyl halides is 3. The van der Waals surface area contributed by atoms with Crippen LogP contribution in [0.4, 0.5) is 13.2 Å². The quantitative estimate of drug-likeness (QED) is 0.601. The van der Waals surface area contributed by atoms with Crippen LogP contribution < -0.4 is 5.32 Å². The second-order valence-electron chi connectivity index (χ2n) is 5.44. The molecule has 0 aliphatic heterocycles. The molecule has 0 fully saturated rings. The topological polar surface area (TPSA) is 55.4 Å². The number of carbonyl (C=O) groups excluding carboxylic acids is 2. The Morgan fingerprint density at radius 3 is 2.41 bits per heavy atom. The molecule has 0 bridgehead atoms. The van der Waals surface area contributed by atoms with E-state index in [1.54, 1.807) is 30.3 Å². The van der Waals surface area contributed by atoms with Crippen molar-refractivity contribution in [1.29, 1.82) is 0 Å². The Morgan fingerprint density at radius 1 is 1.15 bits per heavy atom. The zero-order valence-corrected chi connectivity index (χ0v) is 14.8. The van der Waals surface area contributed by atoms with Crippen molar-refractivity contribution in [3.05, 3.63) is 76.3 Å². The minimum absolute atomic E-state index is 0.0240. The number of halogens is 4. The Labute approximate surface area is 158 Å². The minimum Gasteiger partial charge on any atom is -0.467 e. The Morgan fingerprint density at radius 2 is 1.81 bits per heavy atom. The Kier molecular flexibility index (Phi) is 6.63. The maximum absolute atomic E-state index is 12.8. The van der Waals surface area contributed by atoms with E-state index in [4.69, 9.17) is 11.6 Å². The van der Waals surface area contributed by atoms with Crippen LogP contribution in [0.2, 0.25) is 5.02 Å². The van der Waals surface area contributed by atoms with Crippen LogP contribution in [0, 0.1) is 0 Å². The number of esters is 1. The van der Waals surface area contributed by atoms with Crippen LogP contribution in [-0.2, 0) is 20.5 Å². The average molecular weight is 398 g/mol. The first-order chi connectivity index (χ1) is 12.7. The molecule has 0 saturated carbocycles. The van der Waals surface area contributed by atoms with Gasteiger partial charge in [0.25, 0.3) is 0 Å². The van der Waals surface area contributed by atoms with E-state index in [1.807, 2.05) is 0 Å². The summed E-state index contributed by atoms with van der Waals surface area (Å²) in [6.07, 6.45) is -2.38. The normalized spacial score (nSPS) is 12.6. The molecule has 0 aliphatic carbocycles. The van der Waals surface area contributed by atoms with Crippen LogP contribution in [0.15, 0.2) is 54.6 Å². The van der Waals surface area contributed by atoms with Crippen LogP contribution in [0.25, 0.3) is 6.08 Å². The number of carbonyl (C=O) groups is 2. The number of amides is 1. The molecule has 1 atom stereocenters. The molecule has 0 radical (unpaired) electrons. The fourth-order valence-electron chi connectivity index (χ4n) is 2.25. The van der Waals surface area contributed by atoms with E-state index in [1.165, 1.54) is 7.11 Å². The maximum atomic E-state index is 12.8. The van der Waals surface area contributed by atoms with E-state index in [0.29, 0.717) is 5.56 Å². The third kappa shape index (κ3) is 5.59. The molecular formula is C19H15ClF3NO3. The summed E-state index contributed by atoms with van der Waals surface area (Å²) >= 11 is 5.88. The van der Waals surface area contributed by atoms with E-state index >= 15 is 0 Å². The molecule has 142 valence electrons. The lowest BCUT2D eigenvalue weighted by molar-refractivity contribution is -0.144. The van der Waals surface area contributed by atoms with Crippen molar-refractivity contribution in [2.45, 2.75) is 12.2 Å². The maximum Gasteiger partial charge on any atom is 0.416 e. The van der Waals surface area contributed by atoms with Gasteiger partial charge in [-0.1, -0.05) is 41.9 Å². The second-order valence-corrected chi connectivity index (χ2v) is 5.85. The van der Waals surface area contributed by atoms with Gasteiger partial charge in [-0.05, 0) is 35.4 Å². The van der Waals surface area contributed by atoms with E-state index < -0.39 is 29.7 Å². The largest absolute Gasteiger partial charge is 0.467 e. The summed E-state index contributed by atoms with van der Waals surface area (Å²) in [5.41, 5.74) is -0.358. The van der Waals surface area contributed by atoms with E-state index in [2.05, 4.69) is 10.1 Å². The molecule has 0 aromatic heterocycles. The van der Waals surface area contributed by atoms with Gasteiger partial charge in [0.1, 0.15) is 0 Å². The molecule has 0 saturated heterocycles. The summed E-state index contributed by atoms with van der Waals surface area (Å²) in [6, 6.07) is 10.1. The van der Waals surface area contributed by atoms with Gasteiger partial charge in [-0.3, -0.25) is 4.79 Å². The number of hydrogen-bond acceptors (Lipinski definition) is 3. The molecule has 0 spiro atoms. The number of methoxy groups -OCH3 is 1. The number of benzene rings is 2. The first-order valence-electron chi connectivity index (χ1n) is 7.70. The van der Waals surface area contributed by atoms with Gasteiger partial charge in [-0.25, -0.2) is 4.79 Å². The molecule has 27 heavy (non-hydrogen) atoms. The Hall–Kier alpha value is -2.80. The second kappa shape index (κ2) is 8.73. The van der Waals surface area contributed by atoms with Crippen LogP contribution in [0.1, 0.15) is 22.7 Å². The molecule has 1 N–H and O–H groups in total. The van der Waals surface area contributed by atoms with Gasteiger partial charge in [0, 0.05) is 11.1 Å². The van der Waals surface area contributed by atoms with E-state index in [-0.39, 0.29) is 10.6 Å². The van der Waals surface area contributed by atoms with Gasteiger partial charge >= 0.3 is 12.1 Å². The van der Waals surface area contributed by atoms with Gasteiger partial charge in [-0.15, -0.1) is 0 Å². The van der Waals surface area contributed by atoms with Gasteiger partial charge in [-0.2, -0.15) is 13.2 Å². The molecule has 0 aliphatic rings. The highest BCUT2D eigenvalue weighted by molar-refractivity contribution is 6.32. The lowest BCUT2D eigenvalue weighted by Gasteiger charge is -2.15. The summed E-state index contributed by atoms with van der Waals surface area (Å²) in [5, 5.41) is 2.51. The third-order valence-corrected chi connectivity index (χ3v) is 3.94. The highest BCUT2D eigenvalue weighted by atomic mass is 35.5. The standard InChI is InChI=1S/C19H15ClF3NO3/c1-27-18(26)17(12-5-3-2-4-6-12)24-16(25)10-7-13-11-14(19(21,22)23)8-9-15(13)20/h2-11,17H,1H3,(H,24,25). The summed E-state index contributed by atoms with van der Waals surface area (Å²) < 4.78 is 43.0. The van der Waals surface area contributed by atoms with E-state index in [0.717, 1.165) is 30.4 Å². The first-order valence-corrected chi connectivity index (χ1v) is 8.08. The number of nitrogens with one attached hydrogen (secondary N) is 1. The van der Waals surface area contributed by atoms with Gasteiger partial charge < -0.3 is 10.1 Å². The zero-order chi connectivity index (χ0) is 20.0. The van der Waals surface area contributed by atoms with Crippen molar-refractivity contribution in [1.82, 2.24) is 5.32 Å². The van der Waals surface area contributed by atoms with Crippen molar-refractivity contribution in [2.24, 2.45) is 0 Å². The molecule has 2 aromatic carbocycles. The van der Waals surface area contributed by atoms with Crippen molar-refractivity contribution >= 4 is 29.6 Å². The highest BCUT2D eigenvalue weighted by Crippen LogP contribution is 2.32. The fraction of sp³-hybridized carbons (Fsp3) is 0.158. The van der Waals surface area contributed by atoms with Gasteiger partial charge in [0.05, 0.1) is 12.7 Å². The summed E-state index contributed by atoms with van der Waals surface area (Å²) in [5.74, 6) is -1.37. The SMILES string of the molecule is COC(=O)C(NC(=O)C=Cc1cc(C(F)(F)F)ccc1Cl)c1ccccc1. The molecule has 0 heterocycles. The van der Waals surface area contributed by atoms with Gasteiger partial charge in [0.15, 0.2) is 6.04 Å². The molecule has 2 rings (SSSR count). The number of rotatable bonds is 5. The van der Waals surface area contributed by atoms with Crippen molar-refractivity contribution in [3.8, 4) is 0 Å². The van der Waals surface area contributed by atoms with Crippen molar-refractivity contribution in [2.75, 3.05) is 7.11 Å². The van der Waals surface area contributed by atoms with Crippen LogP contribution in [-0.4, -0.2) is 19.0 Å². The minimum atomic E-state index is -4.53. The lowest BCUT2D eigenvalue weighted by Crippen LogP contribution is -2.33. The Bertz CT molecular complexity index is 851. The monoisotopic (exact) mass is 397 g/mol. The van der Waals surface area contributed by atoms with Crippen molar-refractivity contribution in [3.63, 3.8) is 0 Å². The van der Waals surface area contributed by atoms with Crippen LogP contribution in [0.3, 0.4) is 0 Å². The van der Waals surface area contributed by atoms with E-state index in [9.17, 15) is 22.8 Å². The average Bonchev–Trinajstić information content (AvgIpc) is 2.64. The van der Waals surface area contributed by atoms with Crippen LogP contribution in [0.5, 0.6) is 0 Å². The highest BCUT2D eigenvalue weighted by Gasteiger charge is 2.30. The Balaban J connectivity index is 2.19. The smallest absolute Gasteiger partial charge is 0.416 e. The van der Waals surface area contributed by atoms with Gasteiger partial charge in [0.2, 0.25) is 5.91 Å². The summed E-state index contributed by atoms with van der Waals surface area (Å²) in [7, 11) is 1.18. The summed E-state index contributed by atoms with van der Waals surface area (Å²) in [4.78, 5) is 24.1. The summed E-state index contributed by atoms with van der Waals surface area (Å²) in [6.45, 7) is 0. The van der Waals surface area contributed by atoms with Crippen molar-refractivity contribution < 1.29 is 27.5 Å². The predicted octanol–water partition coefficient (Wildman–Crippen LogP) is 4.40. The molecule has 8 heteroatoms. The molecule has 4 nitrogen and oxygen atoms in total. The third-order valence-electron chi connectivity index (χ3n) is 3.59. The lowest BCUT2D eigenvalue weighted by atomic mass is 10.1. The number of hydrogen-bond donors (Lipinski definition) is 1. The van der Waals surface area contributed by atoms with Crippen LogP contribution >= 0.6 is 11.6 Å². The zero-order valence-electron chi connectivity index (χ0n) is 14.1.